The Morgan fingerprint density at radius 3 is 2.80 bits per heavy atom. The molecule has 0 aliphatic heterocycles. The number of allylic oxidation sites excluding steroid dienone is 2. The van der Waals surface area contributed by atoms with Crippen molar-refractivity contribution in [1.29, 1.82) is 0 Å². The van der Waals surface area contributed by atoms with Gasteiger partial charge in [0, 0.05) is 0 Å². The van der Waals surface area contributed by atoms with Crippen molar-refractivity contribution in [2.24, 2.45) is 17.3 Å². The van der Waals surface area contributed by atoms with Crippen molar-refractivity contribution in [2.45, 2.75) is 84.3 Å². The van der Waals surface area contributed by atoms with E-state index in [1.165, 1.54) is 6.42 Å². The van der Waals surface area contributed by atoms with Crippen LogP contribution < -0.4 is 0 Å². The van der Waals surface area contributed by atoms with Gasteiger partial charge in [-0.05, 0) is 69.6 Å². The van der Waals surface area contributed by atoms with Gasteiger partial charge < -0.3 is 10.2 Å². The average molecular weight is 280 g/mol. The standard InChI is InChI=1S/C18H32O2/c1-13(7-5-11-17(2,3)20)14-9-10-15-16(19)8-6-12-18(14,15)4/h9,13,15-16,19-20H,5-8,10-12H2,1-4H3/t13-,15-,16?,18+/m0/s1. The second-order valence-electron chi connectivity index (χ2n) is 7.98. The number of hydrogen-bond acceptors (Lipinski definition) is 2. The van der Waals surface area contributed by atoms with E-state index in [1.807, 2.05) is 13.8 Å². The second kappa shape index (κ2) is 5.81. The molecule has 2 aliphatic rings. The molecule has 2 aliphatic carbocycles. The summed E-state index contributed by atoms with van der Waals surface area (Å²) < 4.78 is 0. The van der Waals surface area contributed by atoms with Gasteiger partial charge in [-0.25, -0.2) is 0 Å². The Labute approximate surface area is 124 Å². The lowest BCUT2D eigenvalue weighted by atomic mass is 9.63. The summed E-state index contributed by atoms with van der Waals surface area (Å²) in [6.45, 7) is 8.47. The maximum absolute atomic E-state index is 10.3. The van der Waals surface area contributed by atoms with Crippen molar-refractivity contribution in [3.05, 3.63) is 11.6 Å². The third-order valence-corrected chi connectivity index (χ3v) is 5.69. The molecule has 0 aromatic rings. The fraction of sp³-hybridized carbons (Fsp3) is 0.889. The minimum absolute atomic E-state index is 0.105. The van der Waals surface area contributed by atoms with E-state index in [0.29, 0.717) is 11.8 Å². The molecule has 116 valence electrons. The molecule has 4 atom stereocenters. The number of aliphatic hydroxyl groups is 2. The van der Waals surface area contributed by atoms with Gasteiger partial charge in [0.05, 0.1) is 11.7 Å². The molecule has 1 unspecified atom stereocenters. The van der Waals surface area contributed by atoms with Crippen molar-refractivity contribution < 1.29 is 10.2 Å². The Balaban J connectivity index is 1.95. The van der Waals surface area contributed by atoms with Crippen LogP contribution in [0.5, 0.6) is 0 Å². The molecule has 0 amide bonds. The summed E-state index contributed by atoms with van der Waals surface area (Å²) in [5, 5.41) is 20.1. The lowest BCUT2D eigenvalue weighted by Crippen LogP contribution is -2.39. The monoisotopic (exact) mass is 280 g/mol. The molecule has 2 heteroatoms. The zero-order valence-electron chi connectivity index (χ0n) is 13.7. The predicted molar refractivity (Wildman–Crippen MR) is 83.5 cm³/mol. The molecule has 20 heavy (non-hydrogen) atoms. The highest BCUT2D eigenvalue weighted by Gasteiger charge is 2.47. The Morgan fingerprint density at radius 2 is 2.15 bits per heavy atom. The highest BCUT2D eigenvalue weighted by molar-refractivity contribution is 5.26. The van der Waals surface area contributed by atoms with Crippen LogP contribution in [0.15, 0.2) is 11.6 Å². The molecule has 0 bridgehead atoms. The summed E-state index contributed by atoms with van der Waals surface area (Å²) >= 11 is 0. The predicted octanol–water partition coefficient (Wildman–Crippen LogP) is 4.06. The maximum atomic E-state index is 10.3. The number of rotatable bonds is 5. The molecular weight excluding hydrogens is 248 g/mol. The molecule has 0 radical (unpaired) electrons. The van der Waals surface area contributed by atoms with Crippen molar-refractivity contribution in [3.8, 4) is 0 Å². The van der Waals surface area contributed by atoms with Crippen LogP contribution in [-0.4, -0.2) is 21.9 Å². The number of aliphatic hydroxyl groups excluding tert-OH is 1. The first kappa shape index (κ1) is 16.0. The summed E-state index contributed by atoms with van der Waals surface area (Å²) in [6.07, 6.45) is 9.82. The van der Waals surface area contributed by atoms with Gasteiger partial charge in [0.1, 0.15) is 0 Å². The van der Waals surface area contributed by atoms with E-state index in [-0.39, 0.29) is 11.5 Å². The maximum Gasteiger partial charge on any atom is 0.0591 e. The molecule has 0 heterocycles. The first-order chi connectivity index (χ1) is 9.24. The third-order valence-electron chi connectivity index (χ3n) is 5.69. The van der Waals surface area contributed by atoms with Crippen molar-refractivity contribution in [3.63, 3.8) is 0 Å². The van der Waals surface area contributed by atoms with E-state index < -0.39 is 5.60 Å². The van der Waals surface area contributed by atoms with E-state index in [2.05, 4.69) is 19.9 Å². The van der Waals surface area contributed by atoms with Crippen LogP contribution in [0.25, 0.3) is 0 Å². The molecule has 2 rings (SSSR count). The van der Waals surface area contributed by atoms with E-state index in [9.17, 15) is 10.2 Å². The fourth-order valence-electron chi connectivity index (χ4n) is 4.51. The minimum Gasteiger partial charge on any atom is -0.393 e. The van der Waals surface area contributed by atoms with Gasteiger partial charge >= 0.3 is 0 Å². The van der Waals surface area contributed by atoms with Gasteiger partial charge in [-0.3, -0.25) is 0 Å². The SMILES string of the molecule is C[C@@H](CCCC(C)(C)O)C1=CC[C@H]2C(O)CCC[C@]12C. The lowest BCUT2D eigenvalue weighted by molar-refractivity contribution is 0.00755. The van der Waals surface area contributed by atoms with Crippen LogP contribution in [0, 0.1) is 17.3 Å². The van der Waals surface area contributed by atoms with Gasteiger partial charge in [0.15, 0.2) is 0 Å². The molecule has 1 fully saturated rings. The smallest absolute Gasteiger partial charge is 0.0591 e. The Hall–Kier alpha value is -0.340. The zero-order chi connectivity index (χ0) is 15.0. The topological polar surface area (TPSA) is 40.5 Å². The lowest BCUT2D eigenvalue weighted by Gasteiger charge is -2.43. The van der Waals surface area contributed by atoms with E-state index in [4.69, 9.17) is 0 Å². The number of fused-ring (bicyclic) bond motifs is 1. The summed E-state index contributed by atoms with van der Waals surface area (Å²) in [5.41, 5.74) is 1.26. The Bertz CT molecular complexity index is 366. The highest BCUT2D eigenvalue weighted by atomic mass is 16.3. The van der Waals surface area contributed by atoms with Gasteiger partial charge in [-0.2, -0.15) is 0 Å². The Kier molecular flexibility index (Phi) is 4.66. The van der Waals surface area contributed by atoms with Crippen LogP contribution in [0.2, 0.25) is 0 Å². The largest absolute Gasteiger partial charge is 0.393 e. The first-order valence-electron chi connectivity index (χ1n) is 8.35. The molecule has 2 N–H and O–H groups in total. The average Bonchev–Trinajstić information content (AvgIpc) is 2.66. The van der Waals surface area contributed by atoms with Gasteiger partial charge in [-0.1, -0.05) is 31.9 Å². The zero-order valence-corrected chi connectivity index (χ0v) is 13.7. The molecule has 0 aromatic heterocycles. The van der Waals surface area contributed by atoms with Crippen LogP contribution >= 0.6 is 0 Å². The van der Waals surface area contributed by atoms with E-state index in [0.717, 1.165) is 38.5 Å². The van der Waals surface area contributed by atoms with Crippen LogP contribution in [0.3, 0.4) is 0 Å². The highest BCUT2D eigenvalue weighted by Crippen LogP contribution is 2.55. The molecule has 0 aromatic carbocycles. The summed E-state index contributed by atoms with van der Waals surface area (Å²) in [5.74, 6) is 1.03. The van der Waals surface area contributed by atoms with Gasteiger partial charge in [0.2, 0.25) is 0 Å². The normalized spacial score (nSPS) is 35.6. The van der Waals surface area contributed by atoms with E-state index >= 15 is 0 Å². The molecule has 2 nitrogen and oxygen atoms in total. The summed E-state index contributed by atoms with van der Waals surface area (Å²) in [6, 6.07) is 0. The Morgan fingerprint density at radius 1 is 1.45 bits per heavy atom. The summed E-state index contributed by atoms with van der Waals surface area (Å²) in [4.78, 5) is 0. The molecule has 0 spiro atoms. The summed E-state index contributed by atoms with van der Waals surface area (Å²) in [7, 11) is 0. The third kappa shape index (κ3) is 3.28. The van der Waals surface area contributed by atoms with Crippen LogP contribution in [0.1, 0.15) is 72.6 Å². The first-order valence-corrected chi connectivity index (χ1v) is 8.35. The van der Waals surface area contributed by atoms with Crippen molar-refractivity contribution in [1.82, 2.24) is 0 Å². The number of hydrogen-bond donors (Lipinski definition) is 2. The molecular formula is C18H32O2. The fourth-order valence-corrected chi connectivity index (χ4v) is 4.51. The minimum atomic E-state index is -0.544. The van der Waals surface area contributed by atoms with Crippen molar-refractivity contribution in [2.75, 3.05) is 0 Å². The van der Waals surface area contributed by atoms with Gasteiger partial charge in [0.25, 0.3) is 0 Å². The van der Waals surface area contributed by atoms with E-state index in [1.54, 1.807) is 5.57 Å². The second-order valence-corrected chi connectivity index (χ2v) is 7.98. The van der Waals surface area contributed by atoms with Gasteiger partial charge in [-0.15, -0.1) is 0 Å². The molecule has 0 saturated heterocycles. The van der Waals surface area contributed by atoms with Crippen LogP contribution in [-0.2, 0) is 0 Å². The van der Waals surface area contributed by atoms with Crippen LogP contribution in [0.4, 0.5) is 0 Å². The molecule has 1 saturated carbocycles. The quantitative estimate of drug-likeness (QED) is 0.746. The van der Waals surface area contributed by atoms with Crippen molar-refractivity contribution >= 4 is 0 Å².